The van der Waals surface area contributed by atoms with E-state index in [4.69, 9.17) is 0 Å². The lowest BCUT2D eigenvalue weighted by atomic mass is 9.97. The maximum Gasteiger partial charge on any atom is 0.245 e. The second-order valence-electron chi connectivity index (χ2n) is 6.29. The first kappa shape index (κ1) is 17.3. The molecule has 0 atom stereocenters. The molecule has 2 fully saturated rings. The second kappa shape index (κ2) is 6.76. The number of piperidine rings is 1. The molecule has 0 spiro atoms. The topological polar surface area (TPSA) is 57.7 Å². The molecule has 5 nitrogen and oxygen atoms in total. The quantitative estimate of drug-likeness (QED) is 0.830. The zero-order valence-electron chi connectivity index (χ0n) is 13.2. The van der Waals surface area contributed by atoms with E-state index in [2.05, 4.69) is 0 Å². The van der Waals surface area contributed by atoms with Gasteiger partial charge in [0.2, 0.25) is 15.9 Å². The summed E-state index contributed by atoms with van der Waals surface area (Å²) in [6, 6.07) is 2.44. The van der Waals surface area contributed by atoms with Crippen LogP contribution in [0.25, 0.3) is 0 Å². The molecule has 2 saturated heterocycles. The Morgan fingerprint density at radius 3 is 2.25 bits per heavy atom. The van der Waals surface area contributed by atoms with Crippen LogP contribution in [0.3, 0.4) is 0 Å². The Bertz CT molecular complexity index is 725. The molecule has 0 radical (unpaired) electrons. The highest BCUT2D eigenvalue weighted by atomic mass is 32.2. The summed E-state index contributed by atoms with van der Waals surface area (Å²) < 4.78 is 53.0. The first-order valence-corrected chi connectivity index (χ1v) is 9.57. The monoisotopic (exact) mass is 358 g/mol. The number of hydrogen-bond donors (Lipinski definition) is 0. The van der Waals surface area contributed by atoms with Gasteiger partial charge in [-0.1, -0.05) is 0 Å². The van der Waals surface area contributed by atoms with Gasteiger partial charge in [-0.05, 0) is 37.8 Å². The van der Waals surface area contributed by atoms with Crippen LogP contribution in [0.1, 0.15) is 25.7 Å². The van der Waals surface area contributed by atoms with Crippen LogP contribution in [-0.2, 0) is 14.8 Å². The van der Waals surface area contributed by atoms with Gasteiger partial charge in [0.25, 0.3) is 0 Å². The van der Waals surface area contributed by atoms with Crippen molar-refractivity contribution in [3.05, 3.63) is 29.8 Å². The van der Waals surface area contributed by atoms with Crippen LogP contribution in [0.5, 0.6) is 0 Å². The van der Waals surface area contributed by atoms with Crippen molar-refractivity contribution >= 4 is 15.9 Å². The van der Waals surface area contributed by atoms with Crippen molar-refractivity contribution in [2.75, 3.05) is 26.2 Å². The van der Waals surface area contributed by atoms with Gasteiger partial charge in [0.05, 0.1) is 0 Å². The number of likely N-dealkylation sites (tertiary alicyclic amines) is 1. The highest BCUT2D eigenvalue weighted by Gasteiger charge is 2.35. The van der Waals surface area contributed by atoms with E-state index in [1.807, 2.05) is 4.90 Å². The fraction of sp³-hybridized carbons (Fsp3) is 0.562. The smallest absolute Gasteiger partial charge is 0.245 e. The highest BCUT2D eigenvalue weighted by molar-refractivity contribution is 7.89. The van der Waals surface area contributed by atoms with Gasteiger partial charge in [0, 0.05) is 38.2 Å². The standard InChI is InChI=1S/C16H20F2N2O3S/c17-13-3-4-15(14(18)11-13)24(22,23)20-9-5-12(6-10-20)16(21)19-7-1-2-8-19/h3-4,11-12H,1-2,5-10H2. The molecular formula is C16H20F2N2O3S. The van der Waals surface area contributed by atoms with E-state index in [1.54, 1.807) is 0 Å². The van der Waals surface area contributed by atoms with Crippen LogP contribution in [0.2, 0.25) is 0 Å². The lowest BCUT2D eigenvalue weighted by Gasteiger charge is -2.32. The molecule has 2 aliphatic heterocycles. The van der Waals surface area contributed by atoms with Crippen LogP contribution >= 0.6 is 0 Å². The van der Waals surface area contributed by atoms with Crippen molar-refractivity contribution in [2.24, 2.45) is 5.92 Å². The average Bonchev–Trinajstić information content (AvgIpc) is 3.08. The van der Waals surface area contributed by atoms with Gasteiger partial charge in [-0.15, -0.1) is 0 Å². The Morgan fingerprint density at radius 1 is 1.04 bits per heavy atom. The summed E-state index contributed by atoms with van der Waals surface area (Å²) in [5.74, 6) is -1.99. The molecule has 1 amide bonds. The number of rotatable bonds is 3. The lowest BCUT2D eigenvalue weighted by Crippen LogP contribution is -2.43. The SMILES string of the molecule is O=C(C1CCN(S(=O)(=O)c2ccc(F)cc2F)CC1)N1CCCC1. The zero-order chi connectivity index (χ0) is 17.3. The molecule has 1 aromatic rings. The second-order valence-corrected chi connectivity index (χ2v) is 8.19. The third-order valence-corrected chi connectivity index (χ3v) is 6.66. The van der Waals surface area contributed by atoms with E-state index >= 15 is 0 Å². The molecule has 3 rings (SSSR count). The van der Waals surface area contributed by atoms with Gasteiger partial charge in [-0.25, -0.2) is 17.2 Å². The number of carbonyl (C=O) groups excluding carboxylic acids is 1. The molecule has 0 aliphatic carbocycles. The van der Waals surface area contributed by atoms with Crippen molar-refractivity contribution in [3.63, 3.8) is 0 Å². The zero-order valence-corrected chi connectivity index (χ0v) is 14.1. The maximum absolute atomic E-state index is 13.8. The van der Waals surface area contributed by atoms with Crippen LogP contribution in [-0.4, -0.2) is 49.7 Å². The van der Waals surface area contributed by atoms with Gasteiger partial charge in [0.1, 0.15) is 16.5 Å². The van der Waals surface area contributed by atoms with Crippen molar-refractivity contribution in [1.29, 1.82) is 0 Å². The Labute approximate surface area is 140 Å². The summed E-state index contributed by atoms with van der Waals surface area (Å²) >= 11 is 0. The lowest BCUT2D eigenvalue weighted by molar-refractivity contribution is -0.135. The molecule has 0 saturated carbocycles. The van der Waals surface area contributed by atoms with Crippen LogP contribution < -0.4 is 0 Å². The van der Waals surface area contributed by atoms with E-state index in [0.717, 1.165) is 38.1 Å². The normalized spacial score (nSPS) is 20.5. The van der Waals surface area contributed by atoms with Gasteiger partial charge in [0.15, 0.2) is 0 Å². The van der Waals surface area contributed by atoms with Gasteiger partial charge >= 0.3 is 0 Å². The molecule has 0 bridgehead atoms. The minimum Gasteiger partial charge on any atom is -0.342 e. The number of benzene rings is 1. The van der Waals surface area contributed by atoms with Gasteiger partial charge in [-0.2, -0.15) is 4.31 Å². The van der Waals surface area contributed by atoms with E-state index < -0.39 is 26.6 Å². The van der Waals surface area contributed by atoms with E-state index in [-0.39, 0.29) is 24.9 Å². The highest BCUT2D eigenvalue weighted by Crippen LogP contribution is 2.27. The first-order valence-electron chi connectivity index (χ1n) is 8.13. The summed E-state index contributed by atoms with van der Waals surface area (Å²) in [6.45, 7) is 1.89. The van der Waals surface area contributed by atoms with E-state index in [9.17, 15) is 22.0 Å². The van der Waals surface area contributed by atoms with Crippen molar-refractivity contribution in [2.45, 2.75) is 30.6 Å². The predicted molar refractivity (Wildman–Crippen MR) is 83.7 cm³/mol. The molecule has 0 unspecified atom stereocenters. The minimum atomic E-state index is -4.01. The molecule has 1 aromatic carbocycles. The Kier molecular flexibility index (Phi) is 4.87. The third kappa shape index (κ3) is 3.30. The Morgan fingerprint density at radius 2 is 1.67 bits per heavy atom. The number of nitrogens with zero attached hydrogens (tertiary/aromatic N) is 2. The molecule has 2 aliphatic rings. The minimum absolute atomic E-state index is 0.0949. The van der Waals surface area contributed by atoms with Crippen LogP contribution in [0, 0.1) is 17.6 Å². The molecule has 24 heavy (non-hydrogen) atoms. The van der Waals surface area contributed by atoms with E-state index in [1.165, 1.54) is 4.31 Å². The summed E-state index contributed by atoms with van der Waals surface area (Å²) in [5.41, 5.74) is 0. The van der Waals surface area contributed by atoms with Gasteiger partial charge in [-0.3, -0.25) is 4.79 Å². The number of carbonyl (C=O) groups is 1. The summed E-state index contributed by atoms with van der Waals surface area (Å²) in [6.07, 6.45) is 2.89. The number of amides is 1. The maximum atomic E-state index is 13.8. The summed E-state index contributed by atoms with van der Waals surface area (Å²) in [4.78, 5) is 13.7. The largest absolute Gasteiger partial charge is 0.342 e. The molecule has 132 valence electrons. The van der Waals surface area contributed by atoms with E-state index in [0.29, 0.717) is 18.9 Å². The summed E-state index contributed by atoms with van der Waals surface area (Å²) in [7, 11) is -4.01. The predicted octanol–water partition coefficient (Wildman–Crippen LogP) is 1.99. The van der Waals surface area contributed by atoms with Gasteiger partial charge < -0.3 is 4.90 Å². The Balaban J connectivity index is 1.68. The molecule has 8 heteroatoms. The van der Waals surface area contributed by atoms with Crippen LogP contribution in [0.4, 0.5) is 8.78 Å². The molecular weight excluding hydrogens is 338 g/mol. The number of halogens is 2. The molecule has 2 heterocycles. The summed E-state index contributed by atoms with van der Waals surface area (Å²) in [5, 5.41) is 0. The van der Waals surface area contributed by atoms with Crippen LogP contribution in [0.15, 0.2) is 23.1 Å². The fourth-order valence-corrected chi connectivity index (χ4v) is 4.88. The number of sulfonamides is 1. The average molecular weight is 358 g/mol. The molecule has 0 N–H and O–H groups in total. The number of hydrogen-bond acceptors (Lipinski definition) is 3. The van der Waals surface area contributed by atoms with Crippen molar-refractivity contribution in [1.82, 2.24) is 9.21 Å². The van der Waals surface area contributed by atoms with Crippen molar-refractivity contribution < 1.29 is 22.0 Å². The first-order chi connectivity index (χ1) is 11.4. The third-order valence-electron chi connectivity index (χ3n) is 4.73. The fourth-order valence-electron chi connectivity index (χ4n) is 3.36. The van der Waals surface area contributed by atoms with Crippen molar-refractivity contribution in [3.8, 4) is 0 Å². The Hall–Kier alpha value is -1.54. The molecule has 0 aromatic heterocycles.